The fourth-order valence-electron chi connectivity index (χ4n) is 3.68. The highest BCUT2D eigenvalue weighted by Gasteiger charge is 2.35. The second-order valence-electron chi connectivity index (χ2n) is 7.58. The molecule has 1 heterocycles. The van der Waals surface area contributed by atoms with Crippen LogP contribution in [0.25, 0.3) is 0 Å². The van der Waals surface area contributed by atoms with Crippen molar-refractivity contribution in [2.24, 2.45) is 0 Å². The van der Waals surface area contributed by atoms with Crippen molar-refractivity contribution >= 4 is 58.3 Å². The van der Waals surface area contributed by atoms with Crippen molar-refractivity contribution in [1.82, 2.24) is 4.90 Å². The number of carbonyl (C=O) groups excluding carboxylic acids is 2. The van der Waals surface area contributed by atoms with Crippen molar-refractivity contribution in [2.75, 3.05) is 5.32 Å². The highest BCUT2D eigenvalue weighted by atomic mass is 35.5. The van der Waals surface area contributed by atoms with E-state index in [0.29, 0.717) is 31.9 Å². The summed E-state index contributed by atoms with van der Waals surface area (Å²) in [6.45, 7) is 0.0974. The predicted octanol–water partition coefficient (Wildman–Crippen LogP) is 5.55. The van der Waals surface area contributed by atoms with Crippen molar-refractivity contribution in [3.05, 3.63) is 98.0 Å². The molecule has 4 rings (SSSR count). The lowest BCUT2D eigenvalue weighted by molar-refractivity contribution is -0.120. The first-order chi connectivity index (χ1) is 15.7. The zero-order valence-corrected chi connectivity index (χ0v) is 19.3. The van der Waals surface area contributed by atoms with Crippen LogP contribution in [0.15, 0.2) is 60.7 Å². The summed E-state index contributed by atoms with van der Waals surface area (Å²) < 4.78 is 0. The van der Waals surface area contributed by atoms with Crippen molar-refractivity contribution in [3.8, 4) is 0 Å². The molecular weight excluding hydrogens is 487 g/mol. The van der Waals surface area contributed by atoms with Crippen molar-refractivity contribution < 1.29 is 19.5 Å². The molecule has 168 valence electrons. The molecule has 3 aromatic carbocycles. The van der Waals surface area contributed by atoms with Crippen LogP contribution in [0.2, 0.25) is 15.1 Å². The number of benzene rings is 3. The number of amides is 2. The molecule has 0 radical (unpaired) electrons. The zero-order valence-electron chi connectivity index (χ0n) is 17.0. The smallest absolute Gasteiger partial charge is 0.335 e. The highest BCUT2D eigenvalue weighted by Crippen LogP contribution is 2.30. The van der Waals surface area contributed by atoms with Crippen LogP contribution in [-0.4, -0.2) is 33.8 Å². The lowest BCUT2D eigenvalue weighted by Gasteiger charge is -2.29. The maximum atomic E-state index is 13.5. The number of anilines is 1. The van der Waals surface area contributed by atoms with Gasteiger partial charge >= 0.3 is 5.97 Å². The van der Waals surface area contributed by atoms with Crippen LogP contribution < -0.4 is 5.32 Å². The Balaban J connectivity index is 1.73. The lowest BCUT2D eigenvalue weighted by atomic mass is 10.0. The summed E-state index contributed by atoms with van der Waals surface area (Å²) in [5.74, 6) is -1.78. The molecule has 1 aliphatic rings. The first-order valence-corrected chi connectivity index (χ1v) is 11.0. The molecule has 0 saturated carbocycles. The van der Waals surface area contributed by atoms with Gasteiger partial charge in [-0.25, -0.2) is 4.79 Å². The Hall–Kier alpha value is -3.06. The third kappa shape index (κ3) is 4.98. The van der Waals surface area contributed by atoms with E-state index in [1.54, 1.807) is 42.5 Å². The number of fused-ring (bicyclic) bond motifs is 1. The Morgan fingerprint density at radius 2 is 1.61 bits per heavy atom. The van der Waals surface area contributed by atoms with Gasteiger partial charge in [0.15, 0.2) is 0 Å². The number of rotatable bonds is 5. The Morgan fingerprint density at radius 3 is 2.27 bits per heavy atom. The van der Waals surface area contributed by atoms with Crippen molar-refractivity contribution in [1.29, 1.82) is 0 Å². The molecule has 2 N–H and O–H groups in total. The number of carbonyl (C=O) groups is 3. The molecular formula is C24H17Cl3N2O4. The van der Waals surface area contributed by atoms with E-state index in [1.165, 1.54) is 23.1 Å². The molecule has 33 heavy (non-hydrogen) atoms. The third-order valence-electron chi connectivity index (χ3n) is 5.38. The Morgan fingerprint density at radius 1 is 0.909 bits per heavy atom. The quantitative estimate of drug-likeness (QED) is 0.478. The molecule has 0 aromatic heterocycles. The van der Waals surface area contributed by atoms with Gasteiger partial charge in [0.25, 0.3) is 5.91 Å². The molecule has 0 spiro atoms. The molecule has 0 aliphatic carbocycles. The Kier molecular flexibility index (Phi) is 6.61. The first-order valence-electron chi connectivity index (χ1n) is 9.90. The third-order valence-corrected chi connectivity index (χ3v) is 6.35. The normalized spacial score (nSPS) is 15.6. The number of nitrogens with zero attached hydrogens (tertiary/aromatic N) is 1. The van der Waals surface area contributed by atoms with E-state index in [1.807, 2.05) is 0 Å². The Labute approximate surface area is 204 Å². The molecule has 6 nitrogen and oxygen atoms in total. The fraction of sp³-hybridized carbons (Fsp3) is 0.125. The molecule has 3 aromatic rings. The second kappa shape index (κ2) is 9.43. The number of hydrogen-bond acceptors (Lipinski definition) is 3. The van der Waals surface area contributed by atoms with Gasteiger partial charge < -0.3 is 15.3 Å². The van der Waals surface area contributed by atoms with Gasteiger partial charge in [0.2, 0.25) is 5.91 Å². The topological polar surface area (TPSA) is 86.7 Å². The number of nitrogens with one attached hydrogen (secondary N) is 1. The van der Waals surface area contributed by atoms with Crippen molar-refractivity contribution in [3.63, 3.8) is 0 Å². The maximum Gasteiger partial charge on any atom is 0.335 e. The van der Waals surface area contributed by atoms with E-state index in [2.05, 4.69) is 5.32 Å². The van der Waals surface area contributed by atoms with Crippen molar-refractivity contribution in [2.45, 2.75) is 19.0 Å². The van der Waals surface area contributed by atoms with Crippen LogP contribution >= 0.6 is 34.8 Å². The van der Waals surface area contributed by atoms with Gasteiger partial charge in [0.05, 0.1) is 26.9 Å². The minimum Gasteiger partial charge on any atom is -0.478 e. The van der Waals surface area contributed by atoms with Crippen LogP contribution in [0.3, 0.4) is 0 Å². The summed E-state index contributed by atoms with van der Waals surface area (Å²) >= 11 is 18.2. The van der Waals surface area contributed by atoms with Gasteiger partial charge in [-0.05, 0) is 53.6 Å². The van der Waals surface area contributed by atoms with Gasteiger partial charge in [-0.1, -0.05) is 53.0 Å². The number of hydrogen-bond donors (Lipinski definition) is 2. The summed E-state index contributed by atoms with van der Waals surface area (Å²) in [7, 11) is 0. The Bertz CT molecular complexity index is 1260. The van der Waals surface area contributed by atoms with Crippen LogP contribution in [0, 0.1) is 0 Å². The van der Waals surface area contributed by atoms with Gasteiger partial charge in [0, 0.05) is 18.0 Å². The fourth-order valence-corrected chi connectivity index (χ4v) is 4.18. The molecule has 0 saturated heterocycles. The number of carboxylic acids is 1. The monoisotopic (exact) mass is 502 g/mol. The largest absolute Gasteiger partial charge is 0.478 e. The van der Waals surface area contributed by atoms with E-state index in [0.717, 1.165) is 5.56 Å². The average Bonchev–Trinajstić information content (AvgIpc) is 2.86. The standard InChI is InChI=1S/C24H17Cl3N2O4/c25-16-6-7-17-20(11-16)28-22(30)21(10-14-3-8-18(26)19(27)9-14)29(23(17)31)12-13-1-4-15(5-2-13)24(32)33/h1-9,11,21H,10,12H2,(H,28,30)(H,32,33)/t21-/m0/s1. The second-order valence-corrected chi connectivity index (χ2v) is 8.83. The zero-order chi connectivity index (χ0) is 23.7. The van der Waals surface area contributed by atoms with Gasteiger partial charge in [0.1, 0.15) is 6.04 Å². The summed E-state index contributed by atoms with van der Waals surface area (Å²) in [6.07, 6.45) is 0.198. The predicted molar refractivity (Wildman–Crippen MR) is 127 cm³/mol. The van der Waals surface area contributed by atoms with E-state index < -0.39 is 12.0 Å². The average molecular weight is 504 g/mol. The summed E-state index contributed by atoms with van der Waals surface area (Å²) in [5.41, 5.74) is 2.18. The van der Waals surface area contributed by atoms with E-state index in [9.17, 15) is 14.4 Å². The van der Waals surface area contributed by atoms with Crippen LogP contribution in [0.1, 0.15) is 31.8 Å². The molecule has 0 unspecified atom stereocenters. The molecule has 9 heteroatoms. The highest BCUT2D eigenvalue weighted by molar-refractivity contribution is 6.42. The summed E-state index contributed by atoms with van der Waals surface area (Å²) in [4.78, 5) is 39.4. The van der Waals surface area contributed by atoms with E-state index >= 15 is 0 Å². The van der Waals surface area contributed by atoms with Crippen LogP contribution in [-0.2, 0) is 17.8 Å². The summed E-state index contributed by atoms with van der Waals surface area (Å²) in [5, 5.41) is 13.1. The van der Waals surface area contributed by atoms with E-state index in [-0.39, 0.29) is 30.3 Å². The minimum absolute atomic E-state index is 0.0974. The molecule has 2 amide bonds. The first kappa shape index (κ1) is 23.1. The number of halogens is 3. The lowest BCUT2D eigenvalue weighted by Crippen LogP contribution is -2.46. The van der Waals surface area contributed by atoms with Gasteiger partial charge in [-0.3, -0.25) is 9.59 Å². The number of aromatic carboxylic acids is 1. The molecule has 0 bridgehead atoms. The maximum absolute atomic E-state index is 13.5. The molecule has 0 fully saturated rings. The minimum atomic E-state index is -1.05. The van der Waals surface area contributed by atoms with Crippen LogP contribution in [0.5, 0.6) is 0 Å². The molecule has 1 atom stereocenters. The van der Waals surface area contributed by atoms with Crippen LogP contribution in [0.4, 0.5) is 5.69 Å². The van der Waals surface area contributed by atoms with Gasteiger partial charge in [-0.2, -0.15) is 0 Å². The van der Waals surface area contributed by atoms with Gasteiger partial charge in [-0.15, -0.1) is 0 Å². The molecule has 1 aliphatic heterocycles. The SMILES string of the molecule is O=C(O)c1ccc(CN2C(=O)c3ccc(Cl)cc3NC(=O)[C@@H]2Cc2ccc(Cl)c(Cl)c2)cc1. The van der Waals surface area contributed by atoms with E-state index in [4.69, 9.17) is 39.9 Å². The number of carboxylic acid groups (broad SMARTS) is 1. The summed E-state index contributed by atoms with van der Waals surface area (Å²) in [6, 6.07) is 15.1.